The molecule has 8 amide bonds. The highest BCUT2D eigenvalue weighted by atomic mass is 16.5. The number of aromatic amines is 1. The molecule has 4 aliphatic carbocycles. The van der Waals surface area contributed by atoms with E-state index in [0.717, 1.165) is 51.4 Å². The number of pyridine rings is 4. The van der Waals surface area contributed by atoms with Crippen molar-refractivity contribution < 1.29 is 65.8 Å². The van der Waals surface area contributed by atoms with Crippen LogP contribution in [0.2, 0.25) is 0 Å². The molecule has 16 rings (SSSR count). The Morgan fingerprint density at radius 3 is 1.01 bits per heavy atom. The van der Waals surface area contributed by atoms with E-state index in [4.69, 9.17) is 27.5 Å². The van der Waals surface area contributed by atoms with Gasteiger partial charge < -0.3 is 87.2 Å². The van der Waals surface area contributed by atoms with Crippen molar-refractivity contribution in [3.63, 3.8) is 0 Å². The Bertz CT molecular complexity index is 5870. The Balaban J connectivity index is 0.000000144. The van der Waals surface area contributed by atoms with E-state index in [0.29, 0.717) is 148 Å². The number of benzene rings is 4. The molecule has 8 aromatic heterocycles. The smallest absolute Gasteiger partial charge is 0.254 e. The predicted molar refractivity (Wildman–Crippen MR) is 454 cm³/mol. The number of methoxy groups -OCH3 is 4. The molecule has 8 heterocycles. The highest BCUT2D eigenvalue weighted by Gasteiger charge is 2.34. The van der Waals surface area contributed by atoms with Crippen molar-refractivity contribution in [2.75, 3.05) is 99.1 Å². The van der Waals surface area contributed by atoms with Gasteiger partial charge in [-0.1, -0.05) is 24.3 Å². The minimum Gasteiger partial charge on any atom is -0.494 e. The van der Waals surface area contributed by atoms with Crippen molar-refractivity contribution in [1.29, 1.82) is 0 Å². The fourth-order valence-electron chi connectivity index (χ4n) is 12.4. The van der Waals surface area contributed by atoms with Crippen LogP contribution in [0.5, 0.6) is 23.0 Å². The number of amides is 8. The largest absolute Gasteiger partial charge is 0.494 e. The van der Waals surface area contributed by atoms with Crippen molar-refractivity contribution >= 4 is 116 Å². The van der Waals surface area contributed by atoms with Gasteiger partial charge in [-0.15, -0.1) is 10.2 Å². The van der Waals surface area contributed by atoms with Gasteiger partial charge in [-0.05, 0) is 99.9 Å². The Morgan fingerprint density at radius 1 is 0.415 bits per heavy atom. The monoisotopic (exact) mass is 1670 g/mol. The van der Waals surface area contributed by atoms with Gasteiger partial charge in [-0.25, -0.2) is 34.9 Å². The van der Waals surface area contributed by atoms with Crippen LogP contribution in [0.4, 0.5) is 68.8 Å². The molecule has 0 saturated heterocycles. The lowest BCUT2D eigenvalue weighted by atomic mass is 10.1. The number of carbonyl (C=O) groups excluding carboxylic acids is 8. The summed E-state index contributed by atoms with van der Waals surface area (Å²) < 4.78 is 53.2. The van der Waals surface area contributed by atoms with Crippen LogP contribution >= 0.6 is 0 Å². The third-order valence-corrected chi connectivity index (χ3v) is 19.2. The number of carbonyl (C=O) groups is 8. The van der Waals surface area contributed by atoms with Gasteiger partial charge in [0, 0.05) is 126 Å². The third-order valence-electron chi connectivity index (χ3n) is 19.2. The first-order valence-corrected chi connectivity index (χ1v) is 38.6. The Morgan fingerprint density at radius 2 is 0.732 bits per heavy atom. The zero-order valence-corrected chi connectivity index (χ0v) is 68.3. The highest BCUT2D eigenvalue weighted by molar-refractivity contribution is 6.06. The molecule has 634 valence electrons. The van der Waals surface area contributed by atoms with Crippen LogP contribution in [0.1, 0.15) is 103 Å². The Kier molecular flexibility index (Phi) is 25.5. The molecule has 0 atom stereocenters. The van der Waals surface area contributed by atoms with Crippen molar-refractivity contribution in [2.45, 2.75) is 58.3 Å². The van der Waals surface area contributed by atoms with E-state index in [1.165, 1.54) is 58.4 Å². The van der Waals surface area contributed by atoms with E-state index >= 15 is 0 Å². The normalized spacial score (nSPS) is 13.3. The van der Waals surface area contributed by atoms with Crippen molar-refractivity contribution in [3.05, 3.63) is 169 Å². The number of ether oxygens (including phenoxy) is 4. The molecule has 40 nitrogen and oxygen atoms in total. The molecule has 40 heteroatoms. The van der Waals surface area contributed by atoms with Crippen LogP contribution in [0.25, 0.3) is 45.6 Å². The van der Waals surface area contributed by atoms with E-state index in [1.807, 2.05) is 41.7 Å². The molecular weight excluding hydrogens is 1580 g/mol. The molecular formula is C83H89N27O13. The maximum Gasteiger partial charge on any atom is 0.254 e. The Hall–Kier alpha value is -15.8. The Labute approximate surface area is 707 Å². The molecule has 123 heavy (non-hydrogen) atoms. The van der Waals surface area contributed by atoms with Crippen LogP contribution in [0, 0.1) is 30.6 Å². The van der Waals surface area contributed by atoms with Gasteiger partial charge in [0.25, 0.3) is 29.5 Å². The molecule has 13 N–H and O–H groups in total. The number of rotatable bonds is 28. The quantitative estimate of drug-likeness (QED) is 0.0217. The highest BCUT2D eigenvalue weighted by Crippen LogP contribution is 2.44. The molecule has 0 bridgehead atoms. The molecule has 0 spiro atoms. The lowest BCUT2D eigenvalue weighted by Crippen LogP contribution is -2.20. The maximum absolute atomic E-state index is 12.7. The fraction of sp³-hybridized carbons (Fsp3) is 0.277. The summed E-state index contributed by atoms with van der Waals surface area (Å²) >= 11 is 0. The molecule has 4 aliphatic rings. The van der Waals surface area contributed by atoms with E-state index in [1.54, 1.807) is 126 Å². The van der Waals surface area contributed by atoms with Crippen LogP contribution in [-0.4, -0.2) is 179 Å². The summed E-state index contributed by atoms with van der Waals surface area (Å²) in [6, 6.07) is 28.0. The van der Waals surface area contributed by atoms with Gasteiger partial charge in [0.05, 0.1) is 118 Å². The van der Waals surface area contributed by atoms with E-state index < -0.39 is 12.9 Å². The van der Waals surface area contributed by atoms with E-state index in [9.17, 15) is 38.4 Å². The van der Waals surface area contributed by atoms with Gasteiger partial charge in [0.1, 0.15) is 42.3 Å². The first-order chi connectivity index (χ1) is 60.7. The number of para-hydroxylation sites is 4. The number of nitrogens with zero attached hydrogens (tertiary/aromatic N) is 14. The number of hydrogen-bond acceptors (Lipinski definition) is 29. The third kappa shape index (κ3) is 21.0. The molecule has 0 unspecified atom stereocenters. The summed E-state index contributed by atoms with van der Waals surface area (Å²) in [5, 5.41) is 56.9. The number of hydrogen-bond donors (Lipinski definition) is 13. The zero-order chi connectivity index (χ0) is 89.5. The predicted octanol–water partition coefficient (Wildman–Crippen LogP) is 9.90. The second kappa shape index (κ2) is 38.7. The average Bonchev–Trinajstić information content (AvgIpc) is 1.33. The first kappa shape index (κ1) is 81.0. The van der Waals surface area contributed by atoms with Gasteiger partial charge in [-0.3, -0.25) is 52.8 Å². The van der Waals surface area contributed by atoms with Crippen LogP contribution < -0.4 is 82.7 Å². The second-order valence-corrected chi connectivity index (χ2v) is 28.2. The SMILES string of the molecule is CNC(=O)c1cnc(NC(=O)C2CC2)cc1Nc1cccc(-c2ncn(C)n2)c1OC.CNC(=O)c1cnc(NC(=O)C2CC2)cc1Nc1cccc(-c2ncn[nH]2)c1OC.CNC(=O)c1cnc(NC(=O)C2CC2)cc1Nc1cccc(-c2nnc(C)o2)c1OC.[2H]C([2H])([2H])NC(=O)c1cnc(NC(=O)C2CC2)cc1Nc1cccc(-c2ncn(C)n2)c1OC. The minimum absolute atomic E-state index is 0.0241. The number of aryl methyl sites for hydroxylation is 3. The van der Waals surface area contributed by atoms with Crippen LogP contribution in [0.3, 0.4) is 0 Å². The van der Waals surface area contributed by atoms with Crippen LogP contribution in [0.15, 0.2) is 145 Å². The van der Waals surface area contributed by atoms with Gasteiger partial charge >= 0.3 is 0 Å². The fourth-order valence-corrected chi connectivity index (χ4v) is 12.4. The molecule has 0 aliphatic heterocycles. The maximum atomic E-state index is 12.7. The second-order valence-electron chi connectivity index (χ2n) is 28.2. The van der Waals surface area contributed by atoms with Crippen molar-refractivity contribution in [3.8, 4) is 68.6 Å². The summed E-state index contributed by atoms with van der Waals surface area (Å²) in [5.41, 5.74) is 7.48. The molecule has 4 fully saturated rings. The number of aromatic nitrogens is 15. The molecule has 0 radical (unpaired) electrons. The lowest BCUT2D eigenvalue weighted by molar-refractivity contribution is -0.118. The zero-order valence-electron chi connectivity index (χ0n) is 71.3. The summed E-state index contributed by atoms with van der Waals surface area (Å²) in [6.07, 6.45) is 17.0. The molecule has 12 aromatic rings. The summed E-state index contributed by atoms with van der Waals surface area (Å²) in [4.78, 5) is 128. The topological polar surface area (TPSA) is 511 Å². The molecule has 4 aromatic carbocycles. The number of anilines is 12. The lowest BCUT2D eigenvalue weighted by Gasteiger charge is -2.17. The van der Waals surface area contributed by atoms with Gasteiger partial charge in [-0.2, -0.15) is 15.3 Å². The minimum atomic E-state index is -2.69. The summed E-state index contributed by atoms with van der Waals surface area (Å²) in [6.45, 7) is -0.982. The van der Waals surface area contributed by atoms with Crippen LogP contribution in [-0.2, 0) is 33.3 Å². The number of nitrogens with one attached hydrogen (secondary N) is 13. The summed E-state index contributed by atoms with van der Waals surface area (Å²) in [7, 11) is 14.3. The molecule has 4 saturated carbocycles. The van der Waals surface area contributed by atoms with E-state index in [-0.39, 0.29) is 82.1 Å². The van der Waals surface area contributed by atoms with Gasteiger partial charge in [0.2, 0.25) is 29.5 Å². The van der Waals surface area contributed by atoms with Crippen molar-refractivity contribution in [2.24, 2.45) is 37.8 Å². The first-order valence-electron chi connectivity index (χ1n) is 40.1. The standard InChI is InChI=1S/2C21H23N7O3.C21H22N6O4.C20H21N7O3/c2*1-22-21(30)14-10-23-17(26-20(29)12-7-8-12)9-16(14)25-15-6-4-5-13(18(15)31-3)19-24-11-28(2)27-19;1-11-26-27-21(31-11)13-5-4-6-15(18(13)30-3)24-16-9-17(25-19(28)12-7-8-12)23-10-14(16)20(29)22-2;1-21-20(29)13-9-22-16(26-19(28)11-6-7-11)8-15(13)25-14-5-3-4-12(17(14)30-2)18-23-10-24-27-18/h2*4-6,9-12H,7-8H2,1-3H3,(H,22,30)(H2,23,25,26,29);4-6,9-10,12H,7-8H2,1-3H3,(H,22,29)(H2,23,24,25,28);3-5,8-11H,6-7H2,1-2H3,(H,21,29)(H,23,24,27)(H2,22,25,26,28)/i1D3;;;. The number of H-pyrrole nitrogens is 1. The summed E-state index contributed by atoms with van der Waals surface area (Å²) in [5.74, 6) is 3.44. The van der Waals surface area contributed by atoms with Crippen molar-refractivity contribution in [1.82, 2.24) is 96.1 Å². The van der Waals surface area contributed by atoms with Gasteiger partial charge in [0.15, 0.2) is 40.5 Å². The average molecular weight is 1680 g/mol. The van der Waals surface area contributed by atoms with E-state index in [2.05, 4.69) is 124 Å².